The van der Waals surface area contributed by atoms with E-state index in [1.54, 1.807) is 10.9 Å². The van der Waals surface area contributed by atoms with Gasteiger partial charge in [0.2, 0.25) is 0 Å². The Morgan fingerprint density at radius 2 is 2.06 bits per heavy atom. The molecule has 0 aliphatic carbocycles. The molecule has 0 saturated carbocycles. The number of benzene rings is 1. The highest BCUT2D eigenvalue weighted by molar-refractivity contribution is 7.17. The van der Waals surface area contributed by atoms with Crippen molar-refractivity contribution in [1.29, 1.82) is 0 Å². The molecule has 0 radical (unpaired) electrons. The zero-order chi connectivity index (χ0) is 11.8. The zero-order valence-corrected chi connectivity index (χ0v) is 10.1. The second-order valence-electron chi connectivity index (χ2n) is 3.84. The molecule has 1 aromatic carbocycles. The lowest BCUT2D eigenvalue weighted by atomic mass is 10.2. The number of hydrogen-bond donors (Lipinski definition) is 0. The van der Waals surface area contributed by atoms with Crippen LogP contribution in [0.1, 0.15) is 5.56 Å². The molecule has 0 N–H and O–H groups in total. The van der Waals surface area contributed by atoms with Gasteiger partial charge in [0, 0.05) is 0 Å². The van der Waals surface area contributed by atoms with Crippen molar-refractivity contribution >= 4 is 21.6 Å². The highest BCUT2D eigenvalue weighted by Gasteiger charge is 2.07. The van der Waals surface area contributed by atoms with Crippen LogP contribution in [0.15, 0.2) is 46.8 Å². The van der Waals surface area contributed by atoms with Gasteiger partial charge in [-0.1, -0.05) is 18.2 Å². The number of fused-ring (bicyclic) bond motifs is 1. The van der Waals surface area contributed by atoms with Gasteiger partial charge in [0.25, 0.3) is 5.56 Å². The fraction of sp³-hybridized carbons (Fsp3) is 0.0769. The minimum atomic E-state index is -0.000648. The molecular weight excluding hydrogens is 232 g/mol. The van der Waals surface area contributed by atoms with Gasteiger partial charge >= 0.3 is 0 Å². The lowest BCUT2D eigenvalue weighted by Gasteiger charge is -2.07. The fourth-order valence-electron chi connectivity index (χ4n) is 1.85. The van der Waals surface area contributed by atoms with E-state index in [-0.39, 0.29) is 5.56 Å². The highest BCUT2D eigenvalue weighted by atomic mass is 32.1. The van der Waals surface area contributed by atoms with Gasteiger partial charge in [0.15, 0.2) is 0 Å². The summed E-state index contributed by atoms with van der Waals surface area (Å²) in [6.07, 6.45) is 1.60. The van der Waals surface area contributed by atoms with Gasteiger partial charge in [-0.05, 0) is 30.0 Å². The van der Waals surface area contributed by atoms with Crippen molar-refractivity contribution in [1.82, 2.24) is 9.55 Å². The number of para-hydroxylation sites is 1. The number of hydrogen-bond acceptors (Lipinski definition) is 3. The van der Waals surface area contributed by atoms with Crippen LogP contribution in [0.25, 0.3) is 15.9 Å². The molecule has 0 fully saturated rings. The van der Waals surface area contributed by atoms with Crippen molar-refractivity contribution in [2.75, 3.05) is 0 Å². The maximum absolute atomic E-state index is 12.3. The first kappa shape index (κ1) is 10.2. The van der Waals surface area contributed by atoms with Gasteiger partial charge in [-0.3, -0.25) is 9.36 Å². The van der Waals surface area contributed by atoms with Gasteiger partial charge in [-0.25, -0.2) is 4.98 Å². The zero-order valence-electron chi connectivity index (χ0n) is 9.25. The predicted molar refractivity (Wildman–Crippen MR) is 70.0 cm³/mol. The van der Waals surface area contributed by atoms with Gasteiger partial charge < -0.3 is 0 Å². The van der Waals surface area contributed by atoms with Gasteiger partial charge in [-0.2, -0.15) is 0 Å². The third-order valence-corrected chi connectivity index (χ3v) is 3.64. The van der Waals surface area contributed by atoms with Crippen molar-refractivity contribution in [3.8, 4) is 5.69 Å². The van der Waals surface area contributed by atoms with Crippen LogP contribution >= 0.6 is 11.3 Å². The number of nitrogens with zero attached hydrogens (tertiary/aromatic N) is 2. The number of aromatic nitrogens is 2. The minimum Gasteiger partial charge on any atom is -0.267 e. The number of aryl methyl sites for hydroxylation is 1. The van der Waals surface area contributed by atoms with Crippen LogP contribution in [0, 0.1) is 6.92 Å². The van der Waals surface area contributed by atoms with Crippen molar-refractivity contribution in [2.45, 2.75) is 6.92 Å². The van der Waals surface area contributed by atoms with E-state index in [4.69, 9.17) is 0 Å². The third-order valence-electron chi connectivity index (χ3n) is 2.74. The topological polar surface area (TPSA) is 34.9 Å². The lowest BCUT2D eigenvalue weighted by molar-refractivity contribution is 0.956. The Hall–Kier alpha value is -1.94. The molecule has 3 aromatic rings. The summed E-state index contributed by atoms with van der Waals surface area (Å²) in [5, 5.41) is 1.89. The number of thiophene rings is 1. The van der Waals surface area contributed by atoms with Gasteiger partial charge in [0.05, 0.1) is 11.2 Å². The Kier molecular flexibility index (Phi) is 2.30. The summed E-state index contributed by atoms with van der Waals surface area (Å²) in [4.78, 5) is 16.6. The molecule has 0 aliphatic heterocycles. The summed E-state index contributed by atoms with van der Waals surface area (Å²) in [6.45, 7) is 1.99. The summed E-state index contributed by atoms with van der Waals surface area (Å²) in [6, 6.07) is 9.66. The third kappa shape index (κ3) is 1.57. The Morgan fingerprint density at radius 1 is 1.24 bits per heavy atom. The molecule has 0 amide bonds. The molecule has 84 valence electrons. The summed E-state index contributed by atoms with van der Waals surface area (Å²) < 4.78 is 2.31. The van der Waals surface area contributed by atoms with Gasteiger partial charge in [0.1, 0.15) is 11.0 Å². The molecule has 0 spiro atoms. The molecule has 17 heavy (non-hydrogen) atoms. The van der Waals surface area contributed by atoms with Crippen molar-refractivity contribution in [2.24, 2.45) is 0 Å². The first-order valence-electron chi connectivity index (χ1n) is 5.28. The van der Waals surface area contributed by atoms with Crippen LogP contribution < -0.4 is 5.56 Å². The summed E-state index contributed by atoms with van der Waals surface area (Å²) in [5.74, 6) is 0. The van der Waals surface area contributed by atoms with E-state index in [1.807, 2.05) is 42.6 Å². The monoisotopic (exact) mass is 242 g/mol. The molecule has 0 bridgehead atoms. The standard InChI is InChI=1S/C13H10N2OS/c1-9-4-2-3-5-11(9)15-8-14-10-6-7-17-12(10)13(15)16/h2-8H,1H3. The Bertz CT molecular complexity index is 742. The van der Waals surface area contributed by atoms with Crippen LogP contribution in [-0.2, 0) is 0 Å². The van der Waals surface area contributed by atoms with Gasteiger partial charge in [-0.15, -0.1) is 11.3 Å². The summed E-state index contributed by atoms with van der Waals surface area (Å²) in [7, 11) is 0. The predicted octanol–water partition coefficient (Wildman–Crippen LogP) is 2.76. The van der Waals surface area contributed by atoms with E-state index in [9.17, 15) is 4.79 Å². The molecular formula is C13H10N2OS. The average molecular weight is 242 g/mol. The van der Waals surface area contributed by atoms with Crippen molar-refractivity contribution in [3.05, 3.63) is 58.0 Å². The molecule has 4 heteroatoms. The second-order valence-corrected chi connectivity index (χ2v) is 4.76. The molecule has 0 aliphatic rings. The first-order valence-corrected chi connectivity index (χ1v) is 6.16. The summed E-state index contributed by atoms with van der Waals surface area (Å²) >= 11 is 1.43. The Balaban J connectivity index is 2.35. The van der Waals surface area contributed by atoms with Crippen LogP contribution in [0.3, 0.4) is 0 Å². The van der Waals surface area contributed by atoms with Crippen molar-refractivity contribution in [3.63, 3.8) is 0 Å². The SMILES string of the molecule is Cc1ccccc1-n1cnc2ccsc2c1=O. The normalized spacial score (nSPS) is 10.9. The van der Waals surface area contributed by atoms with E-state index >= 15 is 0 Å². The van der Waals surface area contributed by atoms with Crippen LogP contribution in [0.2, 0.25) is 0 Å². The fourth-order valence-corrected chi connectivity index (χ4v) is 2.62. The van der Waals surface area contributed by atoms with E-state index in [0.29, 0.717) is 4.70 Å². The molecule has 3 rings (SSSR count). The number of rotatable bonds is 1. The molecule has 0 saturated heterocycles. The minimum absolute atomic E-state index is 0.000648. The largest absolute Gasteiger partial charge is 0.275 e. The maximum Gasteiger partial charge on any atom is 0.275 e. The quantitative estimate of drug-likeness (QED) is 0.657. The van der Waals surface area contributed by atoms with Crippen LogP contribution in [0.5, 0.6) is 0 Å². The van der Waals surface area contributed by atoms with E-state index < -0.39 is 0 Å². The second kappa shape index (κ2) is 3.82. The van der Waals surface area contributed by atoms with Crippen LogP contribution in [-0.4, -0.2) is 9.55 Å². The van der Waals surface area contributed by atoms with Crippen LogP contribution in [0.4, 0.5) is 0 Å². The van der Waals surface area contributed by atoms with E-state index in [1.165, 1.54) is 11.3 Å². The molecule has 3 nitrogen and oxygen atoms in total. The van der Waals surface area contributed by atoms with Crippen molar-refractivity contribution < 1.29 is 0 Å². The molecule has 2 heterocycles. The Morgan fingerprint density at radius 3 is 2.88 bits per heavy atom. The average Bonchev–Trinajstić information content (AvgIpc) is 2.80. The lowest BCUT2D eigenvalue weighted by Crippen LogP contribution is -2.18. The molecule has 0 atom stereocenters. The summed E-state index contributed by atoms with van der Waals surface area (Å²) in [5.41, 5.74) is 2.72. The van der Waals surface area contributed by atoms with E-state index in [0.717, 1.165) is 16.8 Å². The smallest absolute Gasteiger partial charge is 0.267 e. The highest BCUT2D eigenvalue weighted by Crippen LogP contribution is 2.16. The van der Waals surface area contributed by atoms with E-state index in [2.05, 4.69) is 4.98 Å². The molecule has 2 aromatic heterocycles. The first-order chi connectivity index (χ1) is 8.27. The molecule has 0 unspecified atom stereocenters. The maximum atomic E-state index is 12.3. The Labute approximate surface area is 102 Å².